The molecule has 1 aromatic carbocycles. The fourth-order valence-corrected chi connectivity index (χ4v) is 4.20. The van der Waals surface area contributed by atoms with Crippen LogP contribution in [0.1, 0.15) is 28.9 Å². The van der Waals surface area contributed by atoms with E-state index in [2.05, 4.69) is 30.5 Å². The van der Waals surface area contributed by atoms with Crippen molar-refractivity contribution in [3.05, 3.63) is 51.7 Å². The highest BCUT2D eigenvalue weighted by Gasteiger charge is 2.21. The molecule has 0 radical (unpaired) electrons. The van der Waals surface area contributed by atoms with E-state index in [9.17, 15) is 4.79 Å². The number of carbonyl (C=O) groups excluding carboxylic acids is 1. The monoisotopic (exact) mass is 444 g/mol. The molecule has 8 nitrogen and oxygen atoms in total. The summed E-state index contributed by atoms with van der Waals surface area (Å²) in [5.41, 5.74) is 7.22. The highest BCUT2D eigenvalue weighted by Crippen LogP contribution is 2.28. The molecule has 30 heavy (non-hydrogen) atoms. The van der Waals surface area contributed by atoms with Gasteiger partial charge in [0.25, 0.3) is 5.91 Å². The number of benzene rings is 1. The number of hydrogen-bond acceptors (Lipinski definition) is 8. The molecule has 1 fully saturated rings. The van der Waals surface area contributed by atoms with E-state index in [0.717, 1.165) is 30.9 Å². The Morgan fingerprint density at radius 1 is 1.40 bits per heavy atom. The highest BCUT2D eigenvalue weighted by molar-refractivity contribution is 7.17. The van der Waals surface area contributed by atoms with Crippen molar-refractivity contribution in [2.45, 2.75) is 26.3 Å². The van der Waals surface area contributed by atoms with Crippen LogP contribution in [0.5, 0.6) is 0 Å². The van der Waals surface area contributed by atoms with Crippen LogP contribution < -0.4 is 21.3 Å². The van der Waals surface area contributed by atoms with E-state index < -0.39 is 0 Å². The quantitative estimate of drug-likeness (QED) is 0.549. The van der Waals surface area contributed by atoms with Crippen molar-refractivity contribution in [1.82, 2.24) is 15.0 Å². The molecule has 1 saturated heterocycles. The lowest BCUT2D eigenvalue weighted by molar-refractivity contribution is 0.103. The fraction of sp³-hybridized carbons (Fsp3) is 0.300. The number of amides is 1. The molecule has 1 aliphatic heterocycles. The number of nitrogens with zero attached hydrogens (tertiary/aromatic N) is 4. The summed E-state index contributed by atoms with van der Waals surface area (Å²) in [5.74, 6) is 1.74. The van der Waals surface area contributed by atoms with E-state index in [1.165, 1.54) is 23.6 Å². The van der Waals surface area contributed by atoms with Crippen LogP contribution in [0.25, 0.3) is 0 Å². The summed E-state index contributed by atoms with van der Waals surface area (Å²) in [6.45, 7) is 5.25. The Labute approximate surface area is 184 Å². The van der Waals surface area contributed by atoms with Crippen molar-refractivity contribution in [1.29, 1.82) is 0 Å². The Morgan fingerprint density at radius 3 is 2.97 bits per heavy atom. The van der Waals surface area contributed by atoms with Crippen molar-refractivity contribution in [2.24, 2.45) is 5.73 Å². The van der Waals surface area contributed by atoms with Crippen molar-refractivity contribution in [2.75, 3.05) is 28.6 Å². The van der Waals surface area contributed by atoms with Crippen LogP contribution in [-0.4, -0.2) is 40.0 Å². The van der Waals surface area contributed by atoms with E-state index in [0.29, 0.717) is 38.4 Å². The molecule has 1 amide bonds. The maximum Gasteiger partial charge on any atom is 0.267 e. The zero-order chi connectivity index (χ0) is 22.1. The minimum Gasteiger partial charge on any atom is -0.355 e. The van der Waals surface area contributed by atoms with Gasteiger partial charge in [0.15, 0.2) is 5.13 Å². The van der Waals surface area contributed by atoms with Crippen LogP contribution in [0.4, 0.5) is 22.5 Å². The number of anilines is 4. The molecule has 10 heteroatoms. The van der Waals surface area contributed by atoms with Gasteiger partial charge in [-0.2, -0.15) is 0 Å². The summed E-state index contributed by atoms with van der Waals surface area (Å²) >= 11 is 7.39. The average Bonchev–Trinajstić information content (AvgIpc) is 3.33. The molecule has 0 spiro atoms. The number of thiazole rings is 1. The molecule has 2 aromatic heterocycles. The number of carbonyl (C=O) groups is 1. The van der Waals surface area contributed by atoms with Gasteiger partial charge in [0.2, 0.25) is 0 Å². The molecule has 4 rings (SSSR count). The summed E-state index contributed by atoms with van der Waals surface area (Å²) < 4.78 is 7.69. The molecule has 1 atom stereocenters. The largest absolute Gasteiger partial charge is 0.355 e. The lowest BCUT2D eigenvalue weighted by Crippen LogP contribution is -2.27. The molecule has 0 aliphatic carbocycles. The van der Waals surface area contributed by atoms with Gasteiger partial charge in [-0.1, -0.05) is 35.0 Å². The Hall–Kier alpha value is -2.75. The van der Waals surface area contributed by atoms with Crippen LogP contribution in [0.3, 0.4) is 0 Å². The van der Waals surface area contributed by atoms with Crippen molar-refractivity contribution in [3.63, 3.8) is 0 Å². The summed E-state index contributed by atoms with van der Waals surface area (Å²) in [6.07, 6.45) is 2.43. The second-order valence-electron chi connectivity index (χ2n) is 7.12. The van der Waals surface area contributed by atoms with Gasteiger partial charge in [0.1, 0.15) is 22.3 Å². The van der Waals surface area contributed by atoms with Crippen molar-refractivity contribution >= 4 is 51.3 Å². The number of rotatable bonds is 5. The molecule has 3 aromatic rings. The Morgan fingerprint density at radius 2 is 2.23 bits per heavy atom. The van der Waals surface area contributed by atoms with Gasteiger partial charge in [-0.25, -0.2) is 15.0 Å². The minimum atomic E-state index is -0.320. The number of halogens is 1. The number of nitrogens with two attached hydrogens (primary N) is 1. The van der Waals surface area contributed by atoms with Gasteiger partial charge in [-0.05, 0) is 31.9 Å². The minimum absolute atomic E-state index is 0.154. The Balaban J connectivity index is 1.48. The lowest BCUT2D eigenvalue weighted by atomic mass is 10.2. The van der Waals surface area contributed by atoms with Gasteiger partial charge in [-0.15, -0.1) is 0 Å². The first-order valence-electron chi connectivity index (χ1n) is 9.95. The molecule has 0 bridgehead atoms. The number of aryl methyl sites for hydroxylation is 2. The third kappa shape index (κ3) is 4.53. The number of para-hydroxylation sites is 1. The third-order valence-corrected chi connectivity index (χ3v) is 5.93. The van der Waals surface area contributed by atoms with E-state index in [1.54, 1.807) is 13.0 Å². The zero-order valence-electron chi connectivity index (χ0n) is 17.6. The Bertz CT molecular complexity index is 1120. The maximum atomic E-state index is 12.7. The van der Waals surface area contributed by atoms with Crippen LogP contribution in [-0.2, 0) is 0 Å². The van der Waals surface area contributed by atoms with E-state index >= 15 is 0 Å². The van der Waals surface area contributed by atoms with Crippen LogP contribution in [0.2, 0.25) is 5.02 Å². The van der Waals surface area contributed by atoms with E-state index in [1.807, 2.05) is 13.0 Å². The lowest BCUT2D eigenvalue weighted by Gasteiger charge is -2.18. The molecular formula is C20H22ClN7OS. The van der Waals surface area contributed by atoms with E-state index in [-0.39, 0.29) is 11.9 Å². The van der Waals surface area contributed by atoms with E-state index in [4.69, 9.17) is 18.7 Å². The molecule has 3 heterocycles. The topological polar surface area (TPSA) is 109 Å². The van der Waals surface area contributed by atoms with Gasteiger partial charge in [0, 0.05) is 25.2 Å². The SMILES string of the molecule is [2H]c1cc(C)c(NC(=O)c2cnc(Nc3cc(N4CCC(N)C4)nc(C)n3)s2)c(Cl)c1. The number of hydrogen-bond donors (Lipinski definition) is 3. The molecule has 0 saturated carbocycles. The normalized spacial score (nSPS) is 16.5. The summed E-state index contributed by atoms with van der Waals surface area (Å²) in [4.78, 5) is 28.4. The van der Waals surface area contributed by atoms with Gasteiger partial charge < -0.3 is 21.3 Å². The van der Waals surface area contributed by atoms with Crippen LogP contribution in [0, 0.1) is 13.8 Å². The summed E-state index contributed by atoms with van der Waals surface area (Å²) in [6, 6.07) is 5.44. The predicted octanol–water partition coefficient (Wildman–Crippen LogP) is 3.74. The highest BCUT2D eigenvalue weighted by atomic mass is 35.5. The number of aromatic nitrogens is 3. The van der Waals surface area contributed by atoms with Crippen molar-refractivity contribution in [3.8, 4) is 0 Å². The van der Waals surface area contributed by atoms with Crippen LogP contribution in [0.15, 0.2) is 30.4 Å². The zero-order valence-corrected chi connectivity index (χ0v) is 18.1. The van der Waals surface area contributed by atoms with Gasteiger partial charge in [0.05, 0.1) is 18.3 Å². The van der Waals surface area contributed by atoms with Crippen molar-refractivity contribution < 1.29 is 6.17 Å². The molecular weight excluding hydrogens is 422 g/mol. The second kappa shape index (κ2) is 8.55. The van der Waals surface area contributed by atoms with Gasteiger partial charge >= 0.3 is 0 Å². The summed E-state index contributed by atoms with van der Waals surface area (Å²) in [7, 11) is 0. The molecule has 4 N–H and O–H groups in total. The fourth-order valence-electron chi connectivity index (χ4n) is 3.23. The second-order valence-corrected chi connectivity index (χ2v) is 8.56. The summed E-state index contributed by atoms with van der Waals surface area (Å²) in [5, 5.41) is 6.82. The standard InChI is InChI=1S/C20H22ClN7OS/c1-11-4-3-5-14(21)18(11)27-19(29)15-9-23-20(30-15)26-16-8-17(25-12(2)24-16)28-7-6-13(22)10-28/h3-5,8-9,13H,6-7,10,22H2,1-2H3,(H,27,29)(H,23,24,25,26)/i3D. The first-order chi connectivity index (χ1) is 14.8. The third-order valence-electron chi connectivity index (χ3n) is 4.72. The van der Waals surface area contributed by atoms with Gasteiger partial charge in [-0.3, -0.25) is 4.79 Å². The molecule has 156 valence electrons. The van der Waals surface area contributed by atoms with Crippen LogP contribution >= 0.6 is 22.9 Å². The predicted molar refractivity (Wildman–Crippen MR) is 121 cm³/mol. The smallest absolute Gasteiger partial charge is 0.267 e. The molecule has 1 unspecified atom stereocenters. The number of nitrogens with one attached hydrogen (secondary N) is 2. The molecule has 1 aliphatic rings. The first-order valence-corrected chi connectivity index (χ1v) is 10.6. The first kappa shape index (κ1) is 19.2. The average molecular weight is 445 g/mol. The Kier molecular flexibility index (Phi) is 5.48. The maximum absolute atomic E-state index is 12.7.